The summed E-state index contributed by atoms with van der Waals surface area (Å²) in [5.74, 6) is 3.11. The van der Waals surface area contributed by atoms with Gasteiger partial charge in [0.1, 0.15) is 0 Å². The summed E-state index contributed by atoms with van der Waals surface area (Å²) in [5, 5.41) is 3.92. The van der Waals surface area contributed by atoms with E-state index in [1.54, 1.807) is 0 Å². The van der Waals surface area contributed by atoms with Gasteiger partial charge in [0.15, 0.2) is 0 Å². The first-order chi connectivity index (χ1) is 12.7. The quantitative estimate of drug-likeness (QED) is 0.696. The third kappa shape index (κ3) is 3.01. The zero-order chi connectivity index (χ0) is 17.6. The van der Waals surface area contributed by atoms with Crippen LogP contribution in [0.3, 0.4) is 0 Å². The first kappa shape index (κ1) is 16.6. The van der Waals surface area contributed by atoms with Gasteiger partial charge in [-0.3, -0.25) is 0 Å². The van der Waals surface area contributed by atoms with Gasteiger partial charge in [0, 0.05) is 12.6 Å². The fraction of sp³-hybridized carbons (Fsp3) is 0.520. The van der Waals surface area contributed by atoms with Crippen molar-refractivity contribution in [3.8, 4) is 11.1 Å². The van der Waals surface area contributed by atoms with E-state index in [2.05, 4.69) is 66.8 Å². The second-order valence-electron chi connectivity index (χ2n) is 9.45. The fourth-order valence-corrected chi connectivity index (χ4v) is 6.64. The van der Waals surface area contributed by atoms with Gasteiger partial charge < -0.3 is 5.32 Å². The molecule has 26 heavy (non-hydrogen) atoms. The summed E-state index contributed by atoms with van der Waals surface area (Å²) in [7, 11) is 0. The van der Waals surface area contributed by atoms with Crippen molar-refractivity contribution in [2.45, 2.75) is 58.0 Å². The fourth-order valence-electron chi connectivity index (χ4n) is 6.64. The van der Waals surface area contributed by atoms with Gasteiger partial charge in [-0.25, -0.2) is 0 Å². The number of hydrogen-bond donors (Lipinski definition) is 1. The van der Waals surface area contributed by atoms with Gasteiger partial charge >= 0.3 is 0 Å². The van der Waals surface area contributed by atoms with Crippen LogP contribution in [0.5, 0.6) is 0 Å². The molecule has 1 unspecified atom stereocenters. The van der Waals surface area contributed by atoms with Gasteiger partial charge in [0.25, 0.3) is 0 Å². The maximum atomic E-state index is 3.92. The van der Waals surface area contributed by atoms with Gasteiger partial charge in [-0.15, -0.1) is 0 Å². The topological polar surface area (TPSA) is 12.0 Å². The zero-order valence-electron chi connectivity index (χ0n) is 16.0. The van der Waals surface area contributed by atoms with Crippen molar-refractivity contribution in [1.29, 1.82) is 0 Å². The molecule has 1 N–H and O–H groups in total. The van der Waals surface area contributed by atoms with Crippen LogP contribution in [0.4, 0.5) is 0 Å². The Morgan fingerprint density at radius 3 is 1.92 bits per heavy atom. The highest BCUT2D eigenvalue weighted by Crippen LogP contribution is 2.61. The van der Waals surface area contributed by atoms with Crippen LogP contribution >= 0.6 is 0 Å². The molecule has 0 aromatic heterocycles. The summed E-state index contributed by atoms with van der Waals surface area (Å²) in [5.41, 5.74) is 4.61. The molecule has 2 aromatic rings. The van der Waals surface area contributed by atoms with Crippen LogP contribution in [0.15, 0.2) is 54.6 Å². The van der Waals surface area contributed by atoms with Crippen LogP contribution in [0.1, 0.15) is 51.0 Å². The SMILES string of the molecule is CC(NCc1ccc(-c2ccccc2)cc1)C12CC3CC(CC(C3)C1)C2. The summed E-state index contributed by atoms with van der Waals surface area (Å²) in [6.45, 7) is 3.46. The van der Waals surface area contributed by atoms with Crippen molar-refractivity contribution < 1.29 is 0 Å². The summed E-state index contributed by atoms with van der Waals surface area (Å²) in [6.07, 6.45) is 9.06. The first-order valence-corrected chi connectivity index (χ1v) is 10.6. The van der Waals surface area contributed by atoms with Crippen LogP contribution in [-0.2, 0) is 6.54 Å². The van der Waals surface area contributed by atoms with Crippen LogP contribution in [0.2, 0.25) is 0 Å². The average Bonchev–Trinajstić information content (AvgIpc) is 2.66. The Kier molecular flexibility index (Phi) is 4.16. The molecule has 0 radical (unpaired) electrons. The van der Waals surface area contributed by atoms with Crippen LogP contribution < -0.4 is 5.32 Å². The van der Waals surface area contributed by atoms with E-state index in [0.717, 1.165) is 24.3 Å². The van der Waals surface area contributed by atoms with E-state index in [-0.39, 0.29) is 0 Å². The molecule has 4 aliphatic rings. The molecule has 0 aliphatic heterocycles. The van der Waals surface area contributed by atoms with Gasteiger partial charge in [-0.1, -0.05) is 54.6 Å². The van der Waals surface area contributed by atoms with Gasteiger partial charge in [0.2, 0.25) is 0 Å². The second-order valence-corrected chi connectivity index (χ2v) is 9.45. The minimum Gasteiger partial charge on any atom is -0.310 e. The molecule has 136 valence electrons. The highest BCUT2D eigenvalue weighted by molar-refractivity contribution is 5.63. The molecular formula is C25H31N. The Balaban J connectivity index is 1.24. The highest BCUT2D eigenvalue weighted by atomic mass is 14.9. The maximum absolute atomic E-state index is 3.92. The van der Waals surface area contributed by atoms with E-state index in [1.807, 2.05) is 0 Å². The lowest BCUT2D eigenvalue weighted by Crippen LogP contribution is -2.54. The van der Waals surface area contributed by atoms with E-state index in [9.17, 15) is 0 Å². The Morgan fingerprint density at radius 2 is 1.35 bits per heavy atom. The first-order valence-electron chi connectivity index (χ1n) is 10.6. The average molecular weight is 346 g/mol. The molecule has 0 saturated heterocycles. The predicted octanol–water partition coefficient (Wildman–Crippen LogP) is 6.05. The Bertz CT molecular complexity index is 710. The van der Waals surface area contributed by atoms with Gasteiger partial charge in [-0.05, 0) is 85.3 Å². The number of rotatable bonds is 5. The second kappa shape index (κ2) is 6.53. The molecule has 4 bridgehead atoms. The molecule has 0 heterocycles. The molecule has 0 spiro atoms. The third-order valence-electron chi connectivity index (χ3n) is 7.68. The lowest BCUT2D eigenvalue weighted by atomic mass is 9.48. The molecule has 2 aromatic carbocycles. The standard InChI is InChI=1S/C25H31N/c1-18(25-14-20-11-21(15-25)13-22(12-20)16-25)26-17-19-7-9-24(10-8-19)23-5-3-2-4-6-23/h2-10,18,20-22,26H,11-17H2,1H3. The number of nitrogens with one attached hydrogen (secondary N) is 1. The molecule has 6 rings (SSSR count). The Labute approximate surface area is 158 Å². The van der Waals surface area contributed by atoms with E-state index in [0.29, 0.717) is 11.5 Å². The van der Waals surface area contributed by atoms with E-state index >= 15 is 0 Å². The molecule has 0 amide bonds. The van der Waals surface area contributed by atoms with Gasteiger partial charge in [0.05, 0.1) is 0 Å². The normalized spacial score (nSPS) is 33.3. The van der Waals surface area contributed by atoms with Crippen LogP contribution in [0, 0.1) is 23.2 Å². The number of hydrogen-bond acceptors (Lipinski definition) is 1. The maximum Gasteiger partial charge on any atom is 0.0208 e. The Hall–Kier alpha value is -1.60. The van der Waals surface area contributed by atoms with E-state index < -0.39 is 0 Å². The molecule has 1 atom stereocenters. The predicted molar refractivity (Wildman–Crippen MR) is 109 cm³/mol. The van der Waals surface area contributed by atoms with Crippen molar-refractivity contribution in [3.05, 3.63) is 60.2 Å². The lowest BCUT2D eigenvalue weighted by Gasteiger charge is -2.59. The summed E-state index contributed by atoms with van der Waals surface area (Å²) < 4.78 is 0. The third-order valence-corrected chi connectivity index (χ3v) is 7.68. The van der Waals surface area contributed by atoms with Crippen molar-refractivity contribution >= 4 is 0 Å². The monoisotopic (exact) mass is 345 g/mol. The summed E-state index contributed by atoms with van der Waals surface area (Å²) in [6, 6.07) is 20.4. The zero-order valence-corrected chi connectivity index (χ0v) is 16.0. The smallest absolute Gasteiger partial charge is 0.0208 e. The van der Waals surface area contributed by atoms with Crippen molar-refractivity contribution in [2.24, 2.45) is 23.2 Å². The molecule has 1 nitrogen and oxygen atoms in total. The van der Waals surface area contributed by atoms with Crippen molar-refractivity contribution in [1.82, 2.24) is 5.32 Å². The summed E-state index contributed by atoms with van der Waals surface area (Å²) in [4.78, 5) is 0. The largest absolute Gasteiger partial charge is 0.310 e. The highest BCUT2D eigenvalue weighted by Gasteiger charge is 2.52. The van der Waals surface area contributed by atoms with Gasteiger partial charge in [-0.2, -0.15) is 0 Å². The van der Waals surface area contributed by atoms with Crippen LogP contribution in [-0.4, -0.2) is 6.04 Å². The molecule has 4 fully saturated rings. The van der Waals surface area contributed by atoms with Crippen LogP contribution in [0.25, 0.3) is 11.1 Å². The van der Waals surface area contributed by atoms with E-state index in [1.165, 1.54) is 55.2 Å². The minimum absolute atomic E-state index is 0.596. The summed E-state index contributed by atoms with van der Waals surface area (Å²) >= 11 is 0. The van der Waals surface area contributed by atoms with Crippen molar-refractivity contribution in [3.63, 3.8) is 0 Å². The molecular weight excluding hydrogens is 314 g/mol. The Morgan fingerprint density at radius 1 is 0.808 bits per heavy atom. The number of benzene rings is 2. The van der Waals surface area contributed by atoms with E-state index in [4.69, 9.17) is 0 Å². The molecule has 4 saturated carbocycles. The lowest BCUT2D eigenvalue weighted by molar-refractivity contribution is -0.0706. The molecule has 1 heteroatoms. The minimum atomic E-state index is 0.596. The van der Waals surface area contributed by atoms with Crippen molar-refractivity contribution in [2.75, 3.05) is 0 Å². The molecule has 4 aliphatic carbocycles.